The predicted molar refractivity (Wildman–Crippen MR) is 74.5 cm³/mol. The van der Waals surface area contributed by atoms with Crippen LogP contribution in [0.25, 0.3) is 0 Å². The van der Waals surface area contributed by atoms with Gasteiger partial charge < -0.3 is 10.0 Å². The monoisotopic (exact) mass is 297 g/mol. The lowest BCUT2D eigenvalue weighted by Crippen LogP contribution is -2.36. The summed E-state index contributed by atoms with van der Waals surface area (Å²) in [7, 11) is 0. The lowest BCUT2D eigenvalue weighted by atomic mass is 10.1. The van der Waals surface area contributed by atoms with Crippen LogP contribution in [0.3, 0.4) is 0 Å². The molecule has 20 heavy (non-hydrogen) atoms. The zero-order valence-electron chi connectivity index (χ0n) is 11.1. The molecular weight excluding hydrogens is 281 g/mol. The number of hydrogen-bond donors (Lipinski definition) is 1. The summed E-state index contributed by atoms with van der Waals surface area (Å²) < 4.78 is 13.4. The molecule has 6 heteroatoms. The van der Waals surface area contributed by atoms with E-state index in [0.29, 0.717) is 23.4 Å². The number of halogens is 1. The van der Waals surface area contributed by atoms with Gasteiger partial charge in [0.15, 0.2) is 0 Å². The maximum atomic E-state index is 13.4. The Morgan fingerprint density at radius 1 is 1.50 bits per heavy atom. The summed E-state index contributed by atoms with van der Waals surface area (Å²) in [6.45, 7) is 0.558. The molecule has 1 atom stereocenters. The van der Waals surface area contributed by atoms with Crippen molar-refractivity contribution in [1.82, 2.24) is 4.90 Å². The molecule has 4 nitrogen and oxygen atoms in total. The summed E-state index contributed by atoms with van der Waals surface area (Å²) in [6.07, 6.45) is 3.22. The number of carboxylic acid groups (broad SMARTS) is 1. The molecule has 1 fully saturated rings. The minimum absolute atomic E-state index is 0.0394. The van der Waals surface area contributed by atoms with Gasteiger partial charge in [-0.25, -0.2) is 4.39 Å². The molecule has 1 N–H and O–H groups in total. The van der Waals surface area contributed by atoms with Gasteiger partial charge in [0, 0.05) is 23.0 Å². The summed E-state index contributed by atoms with van der Waals surface area (Å²) in [5.41, 5.74) is 0.410. The Morgan fingerprint density at radius 3 is 2.90 bits per heavy atom. The highest BCUT2D eigenvalue weighted by Crippen LogP contribution is 2.25. The van der Waals surface area contributed by atoms with Crippen molar-refractivity contribution in [2.45, 2.75) is 30.2 Å². The van der Waals surface area contributed by atoms with Crippen molar-refractivity contribution in [3.8, 4) is 0 Å². The van der Waals surface area contributed by atoms with E-state index in [1.807, 2.05) is 0 Å². The first kappa shape index (κ1) is 14.8. The Bertz CT molecular complexity index is 535. The number of likely N-dealkylation sites (tertiary alicyclic amines) is 1. The van der Waals surface area contributed by atoms with Crippen LogP contribution in [0.5, 0.6) is 0 Å². The van der Waals surface area contributed by atoms with Crippen LogP contribution in [0.4, 0.5) is 4.39 Å². The largest absolute Gasteiger partial charge is 0.481 e. The number of carbonyl (C=O) groups is 2. The summed E-state index contributed by atoms with van der Waals surface area (Å²) in [5, 5.41) is 8.87. The third-order valence-electron chi connectivity index (χ3n) is 3.45. The highest BCUT2D eigenvalue weighted by Gasteiger charge is 2.31. The molecule has 0 aromatic heterocycles. The van der Waals surface area contributed by atoms with Gasteiger partial charge in [-0.3, -0.25) is 9.59 Å². The van der Waals surface area contributed by atoms with E-state index in [4.69, 9.17) is 5.11 Å². The van der Waals surface area contributed by atoms with Crippen molar-refractivity contribution in [1.29, 1.82) is 0 Å². The first-order valence-electron chi connectivity index (χ1n) is 6.39. The molecule has 1 aliphatic rings. The molecule has 0 bridgehead atoms. The Kier molecular flexibility index (Phi) is 4.65. The van der Waals surface area contributed by atoms with E-state index in [0.717, 1.165) is 6.42 Å². The highest BCUT2D eigenvalue weighted by molar-refractivity contribution is 7.98. The molecule has 2 rings (SSSR count). The second-order valence-electron chi connectivity index (χ2n) is 4.74. The van der Waals surface area contributed by atoms with E-state index in [1.165, 1.54) is 30.0 Å². The van der Waals surface area contributed by atoms with Gasteiger partial charge in [-0.1, -0.05) is 0 Å². The fourth-order valence-corrected chi connectivity index (χ4v) is 2.98. The number of thioether (sulfide) groups is 1. The van der Waals surface area contributed by atoms with Gasteiger partial charge >= 0.3 is 5.97 Å². The number of amides is 1. The quantitative estimate of drug-likeness (QED) is 0.868. The maximum Gasteiger partial charge on any atom is 0.305 e. The van der Waals surface area contributed by atoms with E-state index >= 15 is 0 Å². The number of carbonyl (C=O) groups excluding carboxylic acids is 1. The van der Waals surface area contributed by atoms with Crippen molar-refractivity contribution >= 4 is 23.6 Å². The Balaban J connectivity index is 2.20. The molecule has 1 unspecified atom stereocenters. The van der Waals surface area contributed by atoms with Crippen LogP contribution >= 0.6 is 11.8 Å². The van der Waals surface area contributed by atoms with E-state index < -0.39 is 5.97 Å². The first-order chi connectivity index (χ1) is 9.52. The van der Waals surface area contributed by atoms with Crippen LogP contribution in [0.2, 0.25) is 0 Å². The van der Waals surface area contributed by atoms with E-state index in [9.17, 15) is 14.0 Å². The number of aliphatic carboxylic acids is 1. The third-order valence-corrected chi connectivity index (χ3v) is 4.20. The van der Waals surface area contributed by atoms with Crippen LogP contribution in [-0.4, -0.2) is 40.7 Å². The second-order valence-corrected chi connectivity index (χ2v) is 5.59. The number of nitrogens with zero attached hydrogens (tertiary/aromatic N) is 1. The lowest BCUT2D eigenvalue weighted by Gasteiger charge is -2.23. The van der Waals surface area contributed by atoms with E-state index in [-0.39, 0.29) is 24.2 Å². The van der Waals surface area contributed by atoms with Gasteiger partial charge in [-0.2, -0.15) is 0 Å². The molecule has 1 aromatic carbocycles. The predicted octanol–water partition coefficient (Wildman–Crippen LogP) is 2.63. The van der Waals surface area contributed by atoms with Crippen LogP contribution in [0, 0.1) is 5.82 Å². The molecule has 0 spiro atoms. The topological polar surface area (TPSA) is 57.6 Å². The maximum absolute atomic E-state index is 13.4. The smallest absolute Gasteiger partial charge is 0.305 e. The Morgan fingerprint density at radius 2 is 2.25 bits per heavy atom. The Hall–Kier alpha value is -1.56. The highest BCUT2D eigenvalue weighted by atomic mass is 32.2. The summed E-state index contributed by atoms with van der Waals surface area (Å²) in [4.78, 5) is 25.2. The van der Waals surface area contributed by atoms with Crippen molar-refractivity contribution in [2.75, 3.05) is 12.8 Å². The molecule has 1 amide bonds. The van der Waals surface area contributed by atoms with Gasteiger partial charge in [0.1, 0.15) is 5.82 Å². The molecule has 108 valence electrons. The number of benzene rings is 1. The van der Waals surface area contributed by atoms with Crippen LogP contribution in [0.1, 0.15) is 29.6 Å². The molecule has 1 heterocycles. The van der Waals surface area contributed by atoms with Crippen LogP contribution in [0.15, 0.2) is 23.1 Å². The lowest BCUT2D eigenvalue weighted by molar-refractivity contribution is -0.137. The van der Waals surface area contributed by atoms with Crippen molar-refractivity contribution < 1.29 is 19.1 Å². The van der Waals surface area contributed by atoms with Gasteiger partial charge in [-0.15, -0.1) is 11.8 Å². The van der Waals surface area contributed by atoms with Crippen LogP contribution in [-0.2, 0) is 4.79 Å². The summed E-state index contributed by atoms with van der Waals surface area (Å²) in [5.74, 6) is -1.47. The average Bonchev–Trinajstić information content (AvgIpc) is 2.85. The summed E-state index contributed by atoms with van der Waals surface area (Å²) >= 11 is 1.24. The van der Waals surface area contributed by atoms with Gasteiger partial charge in [0.05, 0.1) is 6.42 Å². The van der Waals surface area contributed by atoms with Crippen molar-refractivity contribution in [2.24, 2.45) is 0 Å². The molecule has 1 aliphatic heterocycles. The minimum atomic E-state index is -0.904. The first-order valence-corrected chi connectivity index (χ1v) is 7.61. The minimum Gasteiger partial charge on any atom is -0.481 e. The molecular formula is C14H16FNO3S. The van der Waals surface area contributed by atoms with Crippen molar-refractivity contribution in [3.63, 3.8) is 0 Å². The molecule has 0 aliphatic carbocycles. The second kappa shape index (κ2) is 6.26. The summed E-state index contributed by atoms with van der Waals surface area (Å²) in [6, 6.07) is 4.00. The zero-order valence-corrected chi connectivity index (χ0v) is 12.0. The fourth-order valence-electron chi connectivity index (χ4n) is 2.48. The molecule has 1 saturated heterocycles. The average molecular weight is 297 g/mol. The number of rotatable bonds is 4. The van der Waals surface area contributed by atoms with Gasteiger partial charge in [0.2, 0.25) is 0 Å². The Labute approximate surface area is 121 Å². The zero-order chi connectivity index (χ0) is 14.7. The van der Waals surface area contributed by atoms with E-state index in [1.54, 1.807) is 11.2 Å². The van der Waals surface area contributed by atoms with Crippen molar-refractivity contribution in [3.05, 3.63) is 29.6 Å². The fraction of sp³-hybridized carbons (Fsp3) is 0.429. The molecule has 0 saturated carbocycles. The standard InChI is InChI=1S/C14H16FNO3S/c1-20-12-7-9(4-5-11(12)15)14(19)16-6-2-3-10(16)8-13(17)18/h4-5,7,10H,2-3,6,8H2,1H3,(H,17,18). The molecule has 1 aromatic rings. The third kappa shape index (κ3) is 3.12. The SMILES string of the molecule is CSc1cc(C(=O)N2CCCC2CC(=O)O)ccc1F. The van der Waals surface area contributed by atoms with Crippen LogP contribution < -0.4 is 0 Å². The normalized spacial score (nSPS) is 18.3. The van der Waals surface area contributed by atoms with Gasteiger partial charge in [0.25, 0.3) is 5.91 Å². The molecule has 0 radical (unpaired) electrons. The van der Waals surface area contributed by atoms with E-state index in [2.05, 4.69) is 0 Å². The van der Waals surface area contributed by atoms with Gasteiger partial charge in [-0.05, 0) is 37.3 Å². The number of hydrogen-bond acceptors (Lipinski definition) is 3. The number of carboxylic acids is 1.